The summed E-state index contributed by atoms with van der Waals surface area (Å²) in [5, 5.41) is 0.710. The van der Waals surface area contributed by atoms with Gasteiger partial charge in [-0.1, -0.05) is 0 Å². The summed E-state index contributed by atoms with van der Waals surface area (Å²) in [6, 6.07) is 3.45. The molecule has 25 heavy (non-hydrogen) atoms. The second-order valence-corrected chi connectivity index (χ2v) is 6.47. The number of thiazole rings is 1. The molecule has 0 saturated heterocycles. The average Bonchev–Trinajstić information content (AvgIpc) is 3.23. The largest absolute Gasteiger partial charge is 0.494 e. The predicted molar refractivity (Wildman–Crippen MR) is 97.8 cm³/mol. The van der Waals surface area contributed by atoms with E-state index in [1.807, 2.05) is 0 Å². The maximum absolute atomic E-state index is 13.4. The molecule has 0 fully saturated rings. The lowest BCUT2D eigenvalue weighted by Crippen LogP contribution is -1.97. The highest BCUT2D eigenvalue weighted by Gasteiger charge is 2.24. The van der Waals surface area contributed by atoms with Crippen molar-refractivity contribution < 1.29 is 13.4 Å². The molecule has 0 unspecified atom stereocenters. The molecule has 128 valence electrons. The highest BCUT2D eigenvalue weighted by atomic mass is 32.2. The zero-order valence-electron chi connectivity index (χ0n) is 13.2. The minimum absolute atomic E-state index is 0.0415. The van der Waals surface area contributed by atoms with Crippen molar-refractivity contribution >= 4 is 50.9 Å². The van der Waals surface area contributed by atoms with Gasteiger partial charge in [-0.3, -0.25) is 0 Å². The molecule has 0 bridgehead atoms. The second-order valence-electron chi connectivity index (χ2n) is 5.08. The van der Waals surface area contributed by atoms with Crippen molar-refractivity contribution in [1.82, 2.24) is 18.9 Å². The summed E-state index contributed by atoms with van der Waals surface area (Å²) in [5.74, 6) is 1.22. The maximum atomic E-state index is 13.4. The maximum Gasteiger partial charge on any atom is 0.227 e. The number of halogens is 1. The van der Waals surface area contributed by atoms with Crippen LogP contribution in [0.5, 0.6) is 11.6 Å². The molecule has 10 heteroatoms. The average molecular weight is 377 g/mol. The highest BCUT2D eigenvalue weighted by Crippen LogP contribution is 2.46. The van der Waals surface area contributed by atoms with Crippen LogP contribution in [0.25, 0.3) is 32.5 Å². The number of hydrogen-bond donors (Lipinski definition) is 1. The Morgan fingerprint density at radius 1 is 1.24 bits per heavy atom. The van der Waals surface area contributed by atoms with Gasteiger partial charge in [0.05, 0.1) is 25.3 Å². The van der Waals surface area contributed by atoms with Crippen molar-refractivity contribution in [3.63, 3.8) is 0 Å². The molecule has 0 atom stereocenters. The number of pyridine rings is 2. The summed E-state index contributed by atoms with van der Waals surface area (Å²) in [7, 11) is 3.08. The molecule has 0 aliphatic heterocycles. The molecule has 0 aliphatic carbocycles. The monoisotopic (exact) mass is 377 g/mol. The van der Waals surface area contributed by atoms with E-state index in [0.29, 0.717) is 45.3 Å². The minimum atomic E-state index is 0.0415. The lowest BCUT2D eigenvalue weighted by Gasteiger charge is -2.12. The first kappa shape index (κ1) is 15.9. The van der Waals surface area contributed by atoms with Gasteiger partial charge in [0.1, 0.15) is 10.5 Å². The quantitative estimate of drug-likeness (QED) is 0.580. The van der Waals surface area contributed by atoms with Gasteiger partial charge in [0, 0.05) is 17.1 Å². The van der Waals surface area contributed by atoms with Crippen LogP contribution < -0.4 is 15.2 Å². The summed E-state index contributed by atoms with van der Waals surface area (Å²) >= 11 is 1.45. The predicted octanol–water partition coefficient (Wildman–Crippen LogP) is 3.69. The molecule has 7 nitrogen and oxygen atoms in total. The van der Waals surface area contributed by atoms with E-state index in [9.17, 15) is 3.89 Å². The normalized spacial score (nSPS) is 11.3. The Balaban J connectivity index is 2.13. The fraction of sp³-hybridized carbons (Fsp3) is 0.133. The van der Waals surface area contributed by atoms with E-state index in [1.54, 1.807) is 30.9 Å². The Morgan fingerprint density at radius 3 is 2.80 bits per heavy atom. The molecular formula is C15H12FN5O2S2. The summed E-state index contributed by atoms with van der Waals surface area (Å²) in [6.45, 7) is 0. The van der Waals surface area contributed by atoms with E-state index in [-0.39, 0.29) is 12.3 Å². The van der Waals surface area contributed by atoms with E-state index < -0.39 is 0 Å². The first-order valence-electron chi connectivity index (χ1n) is 7.10. The number of ether oxygens (including phenoxy) is 2. The Labute approximate surface area is 150 Å². The molecule has 4 aromatic rings. The number of nitrogen functional groups attached to an aromatic ring is 1. The highest BCUT2D eigenvalue weighted by molar-refractivity contribution is 7.92. The third-order valence-electron chi connectivity index (χ3n) is 3.79. The van der Waals surface area contributed by atoms with Gasteiger partial charge >= 0.3 is 0 Å². The molecular weight excluding hydrogens is 365 g/mol. The topological polar surface area (TPSA) is 88.1 Å². The number of anilines is 1. The Kier molecular flexibility index (Phi) is 3.85. The Hall–Kier alpha value is -2.59. The first-order chi connectivity index (χ1) is 12.2. The standard InChI is InChI=1S/C15H12FN5O2S2/c1-22-11-10(15(23-2)20-13-12(11)24-6-18-13)8-5-21(25-16)14-7(8)3-4-9(17)19-14/h3-6H,1-2H3,(H2,17,19). The molecule has 0 amide bonds. The molecule has 4 rings (SSSR count). The van der Waals surface area contributed by atoms with Gasteiger partial charge in [-0.15, -0.1) is 15.2 Å². The molecule has 0 saturated carbocycles. The van der Waals surface area contributed by atoms with Gasteiger partial charge in [0.25, 0.3) is 0 Å². The number of hydrogen-bond acceptors (Lipinski definition) is 8. The molecule has 4 heterocycles. The van der Waals surface area contributed by atoms with Crippen LogP contribution in [-0.2, 0) is 0 Å². The molecule has 0 radical (unpaired) electrons. The van der Waals surface area contributed by atoms with Crippen molar-refractivity contribution in [1.29, 1.82) is 0 Å². The number of nitrogens with zero attached hydrogens (tertiary/aromatic N) is 4. The van der Waals surface area contributed by atoms with Crippen LogP contribution in [0.2, 0.25) is 0 Å². The summed E-state index contributed by atoms with van der Waals surface area (Å²) in [4.78, 5) is 12.9. The van der Waals surface area contributed by atoms with Gasteiger partial charge in [0.2, 0.25) is 5.88 Å². The number of fused-ring (bicyclic) bond motifs is 2. The number of aromatic nitrogens is 4. The summed E-state index contributed by atoms with van der Waals surface area (Å²) in [6.07, 6.45) is 1.62. The summed E-state index contributed by atoms with van der Waals surface area (Å²) in [5.41, 5.74) is 9.68. The van der Waals surface area contributed by atoms with Gasteiger partial charge < -0.3 is 15.2 Å². The Bertz CT molecular complexity index is 1090. The zero-order chi connectivity index (χ0) is 17.6. The molecule has 0 aromatic carbocycles. The van der Waals surface area contributed by atoms with Crippen LogP contribution in [0.15, 0.2) is 23.8 Å². The third-order valence-corrected chi connectivity index (χ3v) is 5.03. The Morgan fingerprint density at radius 2 is 2.08 bits per heavy atom. The van der Waals surface area contributed by atoms with Gasteiger partial charge in [-0.05, 0) is 12.1 Å². The smallest absolute Gasteiger partial charge is 0.227 e. The molecule has 0 aliphatic rings. The lowest BCUT2D eigenvalue weighted by molar-refractivity contribution is 0.389. The van der Waals surface area contributed by atoms with Crippen LogP contribution >= 0.6 is 23.7 Å². The van der Waals surface area contributed by atoms with Crippen LogP contribution in [0, 0.1) is 0 Å². The lowest BCUT2D eigenvalue weighted by atomic mass is 10.1. The van der Waals surface area contributed by atoms with Crippen molar-refractivity contribution in [2.24, 2.45) is 0 Å². The van der Waals surface area contributed by atoms with Crippen molar-refractivity contribution in [2.75, 3.05) is 20.0 Å². The van der Waals surface area contributed by atoms with E-state index in [0.717, 1.165) is 4.70 Å². The van der Waals surface area contributed by atoms with Crippen LogP contribution in [0.3, 0.4) is 0 Å². The SMILES string of the molecule is COc1nc2ncsc2c(OC)c1-c1cn(SF)c2nc(N)ccc12. The molecule has 0 spiro atoms. The molecule has 4 aromatic heterocycles. The van der Waals surface area contributed by atoms with Gasteiger partial charge in [0.15, 0.2) is 29.4 Å². The van der Waals surface area contributed by atoms with Crippen LogP contribution in [-0.4, -0.2) is 33.1 Å². The fourth-order valence-electron chi connectivity index (χ4n) is 2.76. The van der Waals surface area contributed by atoms with E-state index in [4.69, 9.17) is 15.2 Å². The second kappa shape index (κ2) is 6.05. The van der Waals surface area contributed by atoms with E-state index >= 15 is 0 Å². The van der Waals surface area contributed by atoms with Gasteiger partial charge in [-0.2, -0.15) is 4.98 Å². The fourth-order valence-corrected chi connectivity index (χ4v) is 3.86. The van der Waals surface area contributed by atoms with E-state index in [1.165, 1.54) is 22.4 Å². The number of rotatable bonds is 4. The first-order valence-corrected chi connectivity index (χ1v) is 8.65. The summed E-state index contributed by atoms with van der Waals surface area (Å²) < 4.78 is 26.6. The van der Waals surface area contributed by atoms with Crippen LogP contribution in [0.4, 0.5) is 9.70 Å². The van der Waals surface area contributed by atoms with Crippen molar-refractivity contribution in [2.45, 2.75) is 0 Å². The van der Waals surface area contributed by atoms with Crippen molar-refractivity contribution in [3.05, 3.63) is 23.8 Å². The van der Waals surface area contributed by atoms with Crippen LogP contribution in [0.1, 0.15) is 0 Å². The minimum Gasteiger partial charge on any atom is -0.494 e. The number of nitrogens with two attached hydrogens (primary N) is 1. The van der Waals surface area contributed by atoms with Gasteiger partial charge in [-0.25, -0.2) is 13.9 Å². The van der Waals surface area contributed by atoms with E-state index in [2.05, 4.69) is 15.0 Å². The zero-order valence-corrected chi connectivity index (χ0v) is 14.8. The van der Waals surface area contributed by atoms with Crippen molar-refractivity contribution in [3.8, 4) is 22.8 Å². The number of methoxy groups -OCH3 is 2. The molecule has 2 N–H and O–H groups in total. The third kappa shape index (κ3) is 2.36.